The van der Waals surface area contributed by atoms with E-state index in [-0.39, 0.29) is 17.2 Å². The van der Waals surface area contributed by atoms with Gasteiger partial charge in [-0.05, 0) is 33.6 Å². The molecule has 0 aromatic heterocycles. The Balaban J connectivity index is 3.22. The van der Waals surface area contributed by atoms with Crippen molar-refractivity contribution in [3.63, 3.8) is 0 Å². The van der Waals surface area contributed by atoms with E-state index in [2.05, 4.69) is 15.9 Å². The normalized spacial score (nSPS) is 11.3. The van der Waals surface area contributed by atoms with Crippen LogP contribution in [0, 0.1) is 10.1 Å². The van der Waals surface area contributed by atoms with Crippen LogP contribution in [0.25, 0.3) is 6.08 Å². The number of ether oxygens (including phenoxy) is 1. The van der Waals surface area contributed by atoms with Gasteiger partial charge < -0.3 is 9.84 Å². The molecule has 86 valence electrons. The van der Waals surface area contributed by atoms with E-state index < -0.39 is 4.92 Å². The fraction of sp³-hybridized carbons (Fsp3) is 0.200. The van der Waals surface area contributed by atoms with Gasteiger partial charge in [0.2, 0.25) is 5.70 Å². The lowest BCUT2D eigenvalue weighted by Crippen LogP contribution is -1.93. The molecule has 0 aliphatic carbocycles. The van der Waals surface area contributed by atoms with E-state index in [4.69, 9.17) is 4.74 Å². The number of phenols is 1. The molecule has 1 aromatic carbocycles. The van der Waals surface area contributed by atoms with Gasteiger partial charge in [-0.15, -0.1) is 0 Å². The molecule has 0 spiro atoms. The van der Waals surface area contributed by atoms with Gasteiger partial charge in [0, 0.05) is 13.0 Å². The number of methoxy groups -OCH3 is 1. The molecule has 0 aliphatic heterocycles. The van der Waals surface area contributed by atoms with Crippen molar-refractivity contribution >= 4 is 22.0 Å². The predicted octanol–water partition coefficient (Wildman–Crippen LogP) is 2.80. The summed E-state index contributed by atoms with van der Waals surface area (Å²) in [6.07, 6.45) is 1.40. The maximum absolute atomic E-state index is 10.5. The second-order valence-corrected chi connectivity index (χ2v) is 3.95. The maximum atomic E-state index is 10.5. The molecule has 0 radical (unpaired) electrons. The zero-order valence-corrected chi connectivity index (χ0v) is 10.3. The molecule has 0 unspecified atom stereocenters. The third-order valence-corrected chi connectivity index (χ3v) is 2.54. The highest BCUT2D eigenvalue weighted by atomic mass is 79.9. The first-order valence-electron chi connectivity index (χ1n) is 4.35. The Bertz CT molecular complexity index is 456. The highest BCUT2D eigenvalue weighted by Gasteiger charge is 2.09. The predicted molar refractivity (Wildman–Crippen MR) is 63.0 cm³/mol. The molecule has 1 aromatic rings. The lowest BCUT2D eigenvalue weighted by molar-refractivity contribution is -0.422. The Hall–Kier alpha value is -1.56. The molecule has 1 N–H and O–H groups in total. The molecule has 16 heavy (non-hydrogen) atoms. The number of rotatable bonds is 3. The summed E-state index contributed by atoms with van der Waals surface area (Å²) in [5.74, 6) is 0.232. The van der Waals surface area contributed by atoms with E-state index >= 15 is 0 Å². The molecular weight excluding hydrogens is 278 g/mol. The molecule has 6 heteroatoms. The van der Waals surface area contributed by atoms with Gasteiger partial charge in [-0.25, -0.2) is 0 Å². The van der Waals surface area contributed by atoms with Crippen LogP contribution in [0.5, 0.6) is 11.5 Å². The van der Waals surface area contributed by atoms with Gasteiger partial charge in [0.15, 0.2) is 11.5 Å². The first kappa shape index (κ1) is 12.5. The highest BCUT2D eigenvalue weighted by Crippen LogP contribution is 2.35. The molecule has 0 saturated carbocycles. The second kappa shape index (κ2) is 4.98. The number of nitrogens with zero attached hydrogens (tertiary/aromatic N) is 1. The van der Waals surface area contributed by atoms with E-state index in [0.29, 0.717) is 10.0 Å². The van der Waals surface area contributed by atoms with E-state index in [0.717, 1.165) is 0 Å². The highest BCUT2D eigenvalue weighted by molar-refractivity contribution is 9.10. The van der Waals surface area contributed by atoms with Crippen LogP contribution in [0.15, 0.2) is 22.3 Å². The first-order valence-corrected chi connectivity index (χ1v) is 5.14. The van der Waals surface area contributed by atoms with Crippen LogP contribution in [0.2, 0.25) is 0 Å². The second-order valence-electron chi connectivity index (χ2n) is 3.10. The molecule has 0 aliphatic rings. The monoisotopic (exact) mass is 287 g/mol. The van der Waals surface area contributed by atoms with Crippen molar-refractivity contribution in [2.45, 2.75) is 6.92 Å². The van der Waals surface area contributed by atoms with Crippen molar-refractivity contribution in [3.05, 3.63) is 38.0 Å². The van der Waals surface area contributed by atoms with Crippen molar-refractivity contribution in [2.75, 3.05) is 7.11 Å². The lowest BCUT2D eigenvalue weighted by atomic mass is 10.2. The quantitative estimate of drug-likeness (QED) is 0.685. The van der Waals surface area contributed by atoms with Crippen LogP contribution in [-0.4, -0.2) is 17.1 Å². The van der Waals surface area contributed by atoms with Crippen molar-refractivity contribution in [1.29, 1.82) is 0 Å². The van der Waals surface area contributed by atoms with Gasteiger partial charge in [-0.1, -0.05) is 0 Å². The van der Waals surface area contributed by atoms with Gasteiger partial charge >= 0.3 is 0 Å². The third kappa shape index (κ3) is 2.73. The average Bonchev–Trinajstić information content (AvgIpc) is 2.22. The smallest absolute Gasteiger partial charge is 0.243 e. The van der Waals surface area contributed by atoms with E-state index in [1.54, 1.807) is 6.07 Å². The van der Waals surface area contributed by atoms with E-state index in [1.165, 1.54) is 26.2 Å². The van der Waals surface area contributed by atoms with Crippen LogP contribution >= 0.6 is 15.9 Å². The minimum Gasteiger partial charge on any atom is -0.503 e. The standard InChI is InChI=1S/C10H10BrNO4/c1-6(12(14)15)3-7-4-8(11)10(13)9(5-7)16-2/h3-5,13H,1-2H3/b6-3-. The summed E-state index contributed by atoms with van der Waals surface area (Å²) in [4.78, 5) is 9.98. The van der Waals surface area contributed by atoms with Gasteiger partial charge in [0.25, 0.3) is 0 Å². The summed E-state index contributed by atoms with van der Waals surface area (Å²) < 4.78 is 5.35. The van der Waals surface area contributed by atoms with Gasteiger partial charge in [-0.2, -0.15) is 0 Å². The Kier molecular flexibility index (Phi) is 3.89. The summed E-state index contributed by atoms with van der Waals surface area (Å²) in [6.45, 7) is 1.40. The Morgan fingerprint density at radius 1 is 1.62 bits per heavy atom. The zero-order valence-electron chi connectivity index (χ0n) is 8.73. The summed E-state index contributed by atoms with van der Waals surface area (Å²) in [5, 5.41) is 20.0. The molecule has 0 fully saturated rings. The van der Waals surface area contributed by atoms with Crippen LogP contribution in [0.3, 0.4) is 0 Å². The van der Waals surface area contributed by atoms with Crippen LogP contribution in [-0.2, 0) is 0 Å². The number of nitro groups is 1. The van der Waals surface area contributed by atoms with E-state index in [1.807, 2.05) is 0 Å². The molecule has 5 nitrogen and oxygen atoms in total. The molecule has 0 bridgehead atoms. The number of hydrogen-bond donors (Lipinski definition) is 1. The Morgan fingerprint density at radius 2 is 2.25 bits per heavy atom. The maximum Gasteiger partial charge on any atom is 0.243 e. The zero-order chi connectivity index (χ0) is 12.3. The number of halogens is 1. The van der Waals surface area contributed by atoms with E-state index in [9.17, 15) is 15.2 Å². The number of benzene rings is 1. The van der Waals surface area contributed by atoms with Crippen LogP contribution in [0.4, 0.5) is 0 Å². The van der Waals surface area contributed by atoms with Gasteiger partial charge in [-0.3, -0.25) is 10.1 Å². The van der Waals surface area contributed by atoms with Crippen molar-refractivity contribution in [2.24, 2.45) is 0 Å². The Labute approximate surface area is 101 Å². The number of allylic oxidation sites excluding steroid dienone is 1. The number of phenolic OH excluding ortho intramolecular Hbond substituents is 1. The van der Waals surface area contributed by atoms with Crippen molar-refractivity contribution in [1.82, 2.24) is 0 Å². The average molecular weight is 288 g/mol. The molecular formula is C10H10BrNO4. The fourth-order valence-electron chi connectivity index (χ4n) is 1.13. The summed E-state index contributed by atoms with van der Waals surface area (Å²) in [6, 6.07) is 3.10. The van der Waals surface area contributed by atoms with Crippen LogP contribution in [0.1, 0.15) is 12.5 Å². The molecule has 0 amide bonds. The van der Waals surface area contributed by atoms with Crippen LogP contribution < -0.4 is 4.74 Å². The largest absolute Gasteiger partial charge is 0.503 e. The SMILES string of the molecule is COc1cc(/C=C(/C)[N+](=O)[O-])cc(Br)c1O. The molecule has 0 atom stereocenters. The summed E-state index contributed by atoms with van der Waals surface area (Å²) in [7, 11) is 1.41. The minimum atomic E-state index is -0.479. The number of aromatic hydroxyl groups is 1. The molecule has 1 rings (SSSR count). The van der Waals surface area contributed by atoms with Gasteiger partial charge in [0.05, 0.1) is 16.5 Å². The fourth-order valence-corrected chi connectivity index (χ4v) is 1.59. The lowest BCUT2D eigenvalue weighted by Gasteiger charge is -2.06. The first-order chi connectivity index (χ1) is 7.45. The minimum absolute atomic E-state index is 0.0136. The summed E-state index contributed by atoms with van der Waals surface area (Å²) >= 11 is 3.14. The summed E-state index contributed by atoms with van der Waals surface area (Å²) in [5.41, 5.74) is 0.593. The Morgan fingerprint density at radius 3 is 2.75 bits per heavy atom. The third-order valence-electron chi connectivity index (χ3n) is 1.93. The van der Waals surface area contributed by atoms with Crippen molar-refractivity contribution in [3.8, 4) is 11.5 Å². The number of hydrogen-bond acceptors (Lipinski definition) is 4. The topological polar surface area (TPSA) is 72.6 Å². The van der Waals surface area contributed by atoms with Gasteiger partial charge in [0.1, 0.15) is 0 Å². The molecule has 0 saturated heterocycles. The van der Waals surface area contributed by atoms with Crippen molar-refractivity contribution < 1.29 is 14.8 Å². The molecule has 0 heterocycles.